The van der Waals surface area contributed by atoms with Gasteiger partial charge in [0.2, 0.25) is 5.82 Å². The maximum absolute atomic E-state index is 10.8. The van der Waals surface area contributed by atoms with Crippen LogP contribution in [-0.2, 0) is 15.2 Å². The Morgan fingerprint density at radius 1 is 1.04 bits per heavy atom. The molecule has 0 unspecified atom stereocenters. The largest absolute Gasteiger partial charge is 0.478 e. The summed E-state index contributed by atoms with van der Waals surface area (Å²) in [7, 11) is -1.08. The molecule has 0 spiro atoms. The highest BCUT2D eigenvalue weighted by molar-refractivity contribution is 7.46. The summed E-state index contributed by atoms with van der Waals surface area (Å²) in [6, 6.07) is 6.21. The highest BCUT2D eigenvalue weighted by Gasteiger charge is 2.14. The van der Waals surface area contributed by atoms with Gasteiger partial charge in [-0.1, -0.05) is 12.1 Å². The lowest BCUT2D eigenvalue weighted by Gasteiger charge is -2.13. The summed E-state index contributed by atoms with van der Waals surface area (Å²) in [5, 5.41) is 25.0. The summed E-state index contributed by atoms with van der Waals surface area (Å²) in [4.78, 5) is 10.8. The van der Waals surface area contributed by atoms with Gasteiger partial charge in [-0.3, -0.25) is 0 Å². The third-order valence-corrected chi connectivity index (χ3v) is 4.36. The van der Waals surface area contributed by atoms with Crippen molar-refractivity contribution >= 4 is 14.3 Å². The first-order valence-corrected chi connectivity index (χ1v) is 8.43. The number of carbonyl (C=O) groups is 1. The highest BCUT2D eigenvalue weighted by Crippen LogP contribution is 2.40. The molecule has 0 fully saturated rings. The minimum atomic E-state index is -1.08. The van der Waals surface area contributed by atoms with E-state index in [9.17, 15) is 4.79 Å². The van der Waals surface area contributed by atoms with Crippen LogP contribution in [0.2, 0.25) is 0 Å². The van der Waals surface area contributed by atoms with Crippen molar-refractivity contribution in [3.63, 3.8) is 0 Å². The fourth-order valence-corrected chi connectivity index (χ4v) is 2.91. The third-order valence-electron chi connectivity index (χ3n) is 2.73. The van der Waals surface area contributed by atoms with Crippen molar-refractivity contribution in [2.24, 2.45) is 0 Å². The van der Waals surface area contributed by atoms with Gasteiger partial charge in [-0.05, 0) is 26.0 Å². The number of carboxylic acid groups (broad SMARTS) is 1. The SMILES string of the molecule is CCOP(Cc1nnc(-c2ccc(C(=O)O)cc2)nn1)OCC. The quantitative estimate of drug-likeness (QED) is 0.733. The van der Waals surface area contributed by atoms with Gasteiger partial charge in [0, 0.05) is 5.56 Å². The standard InChI is InChI=1S/C14H17N4O4P/c1-3-21-23(22-4-2)9-12-15-17-13(18-16-12)10-5-7-11(8-6-10)14(19)20/h5-8H,3-4,9H2,1-2H3,(H,19,20). The van der Waals surface area contributed by atoms with Gasteiger partial charge in [-0.2, -0.15) is 0 Å². The first kappa shape index (κ1) is 17.3. The average Bonchev–Trinajstić information content (AvgIpc) is 2.56. The monoisotopic (exact) mass is 336 g/mol. The van der Waals surface area contributed by atoms with Crippen molar-refractivity contribution in [2.45, 2.75) is 20.0 Å². The van der Waals surface area contributed by atoms with Gasteiger partial charge in [-0.25, -0.2) is 4.79 Å². The van der Waals surface area contributed by atoms with E-state index in [4.69, 9.17) is 14.2 Å². The second kappa shape index (κ2) is 8.57. The van der Waals surface area contributed by atoms with Gasteiger partial charge in [0.15, 0.2) is 14.2 Å². The van der Waals surface area contributed by atoms with Gasteiger partial charge in [-0.15, -0.1) is 20.4 Å². The molecule has 1 aromatic heterocycles. The lowest BCUT2D eigenvalue weighted by atomic mass is 10.1. The first-order valence-electron chi connectivity index (χ1n) is 7.07. The fourth-order valence-electron chi connectivity index (χ4n) is 1.72. The van der Waals surface area contributed by atoms with Gasteiger partial charge in [0.25, 0.3) is 0 Å². The molecule has 0 saturated heterocycles. The molecule has 0 aliphatic carbocycles. The van der Waals surface area contributed by atoms with Crippen molar-refractivity contribution in [2.75, 3.05) is 13.2 Å². The lowest BCUT2D eigenvalue weighted by molar-refractivity contribution is 0.0697. The smallest absolute Gasteiger partial charge is 0.335 e. The summed E-state index contributed by atoms with van der Waals surface area (Å²) >= 11 is 0. The van der Waals surface area contributed by atoms with Gasteiger partial charge in [0.1, 0.15) is 0 Å². The summed E-state index contributed by atoms with van der Waals surface area (Å²) in [5.74, 6) is -0.198. The molecular formula is C14H17N4O4P. The number of aromatic carboxylic acids is 1. The van der Waals surface area contributed by atoms with Crippen LogP contribution in [0, 0.1) is 0 Å². The van der Waals surface area contributed by atoms with Crippen LogP contribution in [0.3, 0.4) is 0 Å². The van der Waals surface area contributed by atoms with E-state index in [0.717, 1.165) is 0 Å². The molecule has 122 valence electrons. The van der Waals surface area contributed by atoms with E-state index in [1.54, 1.807) is 12.1 Å². The van der Waals surface area contributed by atoms with Crippen molar-refractivity contribution in [3.05, 3.63) is 35.7 Å². The zero-order valence-corrected chi connectivity index (χ0v) is 13.7. The Bertz CT molecular complexity index is 630. The fraction of sp³-hybridized carbons (Fsp3) is 0.357. The van der Waals surface area contributed by atoms with Crippen LogP contribution in [-0.4, -0.2) is 44.7 Å². The Balaban J connectivity index is 2.07. The minimum absolute atomic E-state index is 0.199. The second-order valence-electron chi connectivity index (χ2n) is 4.35. The third kappa shape index (κ3) is 4.99. The van der Waals surface area contributed by atoms with E-state index in [0.29, 0.717) is 36.6 Å². The van der Waals surface area contributed by atoms with Crippen molar-refractivity contribution < 1.29 is 18.9 Å². The van der Waals surface area contributed by atoms with E-state index in [-0.39, 0.29) is 5.56 Å². The number of aromatic nitrogens is 4. The average molecular weight is 336 g/mol. The minimum Gasteiger partial charge on any atom is -0.478 e. The van der Waals surface area contributed by atoms with Crippen LogP contribution in [0.15, 0.2) is 24.3 Å². The number of hydrogen-bond donors (Lipinski definition) is 1. The highest BCUT2D eigenvalue weighted by atomic mass is 31.2. The normalized spacial score (nSPS) is 10.9. The summed E-state index contributed by atoms with van der Waals surface area (Å²) in [6.45, 7) is 4.91. The first-order chi connectivity index (χ1) is 11.1. The van der Waals surface area contributed by atoms with Gasteiger partial charge < -0.3 is 14.2 Å². The van der Waals surface area contributed by atoms with Crippen LogP contribution < -0.4 is 0 Å². The molecule has 1 heterocycles. The molecule has 2 aromatic rings. The molecule has 9 heteroatoms. The number of nitrogens with zero attached hydrogens (tertiary/aromatic N) is 4. The Morgan fingerprint density at radius 3 is 2.09 bits per heavy atom. The van der Waals surface area contributed by atoms with Gasteiger partial charge in [0.05, 0.1) is 24.9 Å². The number of benzene rings is 1. The molecule has 0 saturated carbocycles. The van der Waals surface area contributed by atoms with E-state index in [1.807, 2.05) is 13.8 Å². The molecule has 2 rings (SSSR count). The number of rotatable bonds is 8. The number of carboxylic acids is 1. The second-order valence-corrected chi connectivity index (χ2v) is 5.85. The molecule has 0 atom stereocenters. The summed E-state index contributed by atoms with van der Waals surface area (Å²) in [5.41, 5.74) is 0.851. The topological polar surface area (TPSA) is 107 Å². The van der Waals surface area contributed by atoms with Crippen molar-refractivity contribution in [3.8, 4) is 11.4 Å². The van der Waals surface area contributed by atoms with Crippen LogP contribution in [0.1, 0.15) is 30.0 Å². The predicted octanol–water partition coefficient (Wildman–Crippen LogP) is 2.52. The Kier molecular flexibility index (Phi) is 6.46. The molecular weight excluding hydrogens is 319 g/mol. The molecule has 0 amide bonds. The van der Waals surface area contributed by atoms with Gasteiger partial charge >= 0.3 is 5.97 Å². The summed E-state index contributed by atoms with van der Waals surface area (Å²) in [6.07, 6.45) is 0.426. The molecule has 8 nitrogen and oxygen atoms in total. The van der Waals surface area contributed by atoms with E-state index >= 15 is 0 Å². The van der Waals surface area contributed by atoms with Crippen molar-refractivity contribution in [1.29, 1.82) is 0 Å². The Morgan fingerprint density at radius 2 is 1.61 bits per heavy atom. The predicted molar refractivity (Wildman–Crippen MR) is 83.9 cm³/mol. The zero-order chi connectivity index (χ0) is 16.7. The molecule has 23 heavy (non-hydrogen) atoms. The molecule has 0 aliphatic heterocycles. The lowest BCUT2D eigenvalue weighted by Crippen LogP contribution is -2.04. The number of hydrogen-bond acceptors (Lipinski definition) is 7. The van der Waals surface area contributed by atoms with Crippen LogP contribution in [0.25, 0.3) is 11.4 Å². The van der Waals surface area contributed by atoms with Crippen molar-refractivity contribution in [1.82, 2.24) is 20.4 Å². The maximum atomic E-state index is 10.8. The molecule has 0 aliphatic rings. The molecule has 0 radical (unpaired) electrons. The maximum Gasteiger partial charge on any atom is 0.335 e. The molecule has 1 N–H and O–H groups in total. The van der Waals surface area contributed by atoms with Crippen LogP contribution in [0.5, 0.6) is 0 Å². The Labute approximate surface area is 134 Å². The Hall–Kier alpha value is -2.02. The van der Waals surface area contributed by atoms with E-state index < -0.39 is 14.3 Å². The van der Waals surface area contributed by atoms with E-state index in [1.165, 1.54) is 12.1 Å². The molecule has 0 bridgehead atoms. The van der Waals surface area contributed by atoms with E-state index in [2.05, 4.69) is 20.4 Å². The van der Waals surface area contributed by atoms with Crippen LogP contribution in [0.4, 0.5) is 0 Å². The summed E-state index contributed by atoms with van der Waals surface area (Å²) < 4.78 is 11.0. The molecule has 1 aromatic carbocycles. The zero-order valence-electron chi connectivity index (χ0n) is 12.8. The van der Waals surface area contributed by atoms with Crippen LogP contribution >= 0.6 is 8.38 Å².